The lowest BCUT2D eigenvalue weighted by molar-refractivity contribution is -0.0388. The van der Waals surface area contributed by atoms with Crippen LogP contribution in [-0.4, -0.2) is 29.8 Å². The fourth-order valence-corrected chi connectivity index (χ4v) is 2.49. The van der Waals surface area contributed by atoms with Crippen LogP contribution >= 0.6 is 0 Å². The topological polar surface area (TPSA) is 61.4 Å². The molecule has 0 aliphatic heterocycles. The predicted octanol–water partition coefficient (Wildman–Crippen LogP) is 2.36. The maximum Gasteiger partial charge on any atom is 0.314 e. The van der Waals surface area contributed by atoms with Gasteiger partial charge in [-0.05, 0) is 56.2 Å². The van der Waals surface area contributed by atoms with Gasteiger partial charge in [0.2, 0.25) is 0 Å². The monoisotopic (exact) mass is 294 g/mol. The summed E-state index contributed by atoms with van der Waals surface area (Å²) in [5.74, 6) is -0.230. The van der Waals surface area contributed by atoms with Crippen LogP contribution in [0.4, 0.5) is 9.18 Å². The van der Waals surface area contributed by atoms with Gasteiger partial charge in [0.1, 0.15) is 5.82 Å². The van der Waals surface area contributed by atoms with E-state index in [1.54, 1.807) is 6.07 Å². The molecule has 0 spiro atoms. The van der Waals surface area contributed by atoms with Crippen molar-refractivity contribution in [1.29, 1.82) is 0 Å². The molecule has 1 aromatic carbocycles. The quantitative estimate of drug-likeness (QED) is 0.676. The molecule has 1 aromatic rings. The Morgan fingerprint density at radius 3 is 2.71 bits per heavy atom. The molecule has 0 radical (unpaired) electrons. The Labute approximate surface area is 124 Å². The minimum absolute atomic E-state index is 0.211. The lowest BCUT2D eigenvalue weighted by Gasteiger charge is -2.36. The van der Waals surface area contributed by atoms with Gasteiger partial charge in [-0.3, -0.25) is 0 Å². The molecule has 1 saturated carbocycles. The van der Waals surface area contributed by atoms with Gasteiger partial charge in [0, 0.05) is 13.1 Å². The Hall–Kier alpha value is -1.62. The molecule has 5 heteroatoms. The summed E-state index contributed by atoms with van der Waals surface area (Å²) in [6, 6.07) is 6.29. The summed E-state index contributed by atoms with van der Waals surface area (Å²) in [7, 11) is 0. The van der Waals surface area contributed by atoms with E-state index in [9.17, 15) is 14.3 Å². The molecule has 4 nitrogen and oxygen atoms in total. The molecule has 0 saturated heterocycles. The maximum atomic E-state index is 13.0. The van der Waals surface area contributed by atoms with Gasteiger partial charge < -0.3 is 15.7 Å². The SMILES string of the molecule is O=C(NCCCc1cccc(F)c1)NCCC1(O)CCC1. The summed E-state index contributed by atoms with van der Waals surface area (Å²) in [4.78, 5) is 11.5. The van der Waals surface area contributed by atoms with Crippen molar-refractivity contribution in [1.82, 2.24) is 10.6 Å². The number of hydrogen-bond donors (Lipinski definition) is 3. The van der Waals surface area contributed by atoms with Gasteiger partial charge in [-0.2, -0.15) is 0 Å². The van der Waals surface area contributed by atoms with Gasteiger partial charge in [-0.1, -0.05) is 12.1 Å². The molecular weight excluding hydrogens is 271 g/mol. The second kappa shape index (κ2) is 7.41. The second-order valence-corrected chi connectivity index (χ2v) is 5.74. The second-order valence-electron chi connectivity index (χ2n) is 5.74. The molecule has 21 heavy (non-hydrogen) atoms. The lowest BCUT2D eigenvalue weighted by Crippen LogP contribution is -2.43. The van der Waals surface area contributed by atoms with Crippen molar-refractivity contribution in [3.63, 3.8) is 0 Å². The average Bonchev–Trinajstić information content (AvgIpc) is 2.42. The Morgan fingerprint density at radius 2 is 2.05 bits per heavy atom. The summed E-state index contributed by atoms with van der Waals surface area (Å²) >= 11 is 0. The molecule has 1 fully saturated rings. The van der Waals surface area contributed by atoms with E-state index >= 15 is 0 Å². The van der Waals surface area contributed by atoms with E-state index in [4.69, 9.17) is 0 Å². The van der Waals surface area contributed by atoms with E-state index in [1.165, 1.54) is 12.1 Å². The average molecular weight is 294 g/mol. The molecule has 3 N–H and O–H groups in total. The number of carbonyl (C=O) groups is 1. The first-order chi connectivity index (χ1) is 10.1. The van der Waals surface area contributed by atoms with Crippen LogP contribution in [0.25, 0.3) is 0 Å². The fraction of sp³-hybridized carbons (Fsp3) is 0.562. The van der Waals surface area contributed by atoms with Crippen LogP contribution in [0.3, 0.4) is 0 Å². The zero-order valence-corrected chi connectivity index (χ0v) is 12.2. The molecule has 0 bridgehead atoms. The number of carbonyl (C=O) groups excluding carboxylic acids is 1. The number of hydrogen-bond acceptors (Lipinski definition) is 2. The number of amides is 2. The molecule has 0 atom stereocenters. The molecule has 0 heterocycles. The number of halogens is 1. The third-order valence-corrected chi connectivity index (χ3v) is 3.98. The molecule has 0 aromatic heterocycles. The van der Waals surface area contributed by atoms with Crippen molar-refractivity contribution >= 4 is 6.03 Å². The predicted molar refractivity (Wildman–Crippen MR) is 79.5 cm³/mol. The smallest absolute Gasteiger partial charge is 0.314 e. The van der Waals surface area contributed by atoms with E-state index in [0.717, 1.165) is 37.7 Å². The third-order valence-electron chi connectivity index (χ3n) is 3.98. The number of aryl methyl sites for hydroxylation is 1. The fourth-order valence-electron chi connectivity index (χ4n) is 2.49. The Balaban J connectivity index is 1.53. The first-order valence-electron chi connectivity index (χ1n) is 7.56. The first-order valence-corrected chi connectivity index (χ1v) is 7.56. The van der Waals surface area contributed by atoms with Gasteiger partial charge in [-0.15, -0.1) is 0 Å². The summed E-state index contributed by atoms with van der Waals surface area (Å²) in [6.45, 7) is 1.04. The Kier molecular flexibility index (Phi) is 5.56. The van der Waals surface area contributed by atoms with Crippen LogP contribution in [0.15, 0.2) is 24.3 Å². The minimum atomic E-state index is -0.551. The number of aliphatic hydroxyl groups is 1. The van der Waals surface area contributed by atoms with Crippen LogP contribution in [0.2, 0.25) is 0 Å². The summed E-state index contributed by atoms with van der Waals surface area (Å²) in [5, 5.41) is 15.4. The van der Waals surface area contributed by atoms with Crippen LogP contribution in [-0.2, 0) is 6.42 Å². The molecule has 2 amide bonds. The van der Waals surface area contributed by atoms with Crippen LogP contribution in [0.5, 0.6) is 0 Å². The Morgan fingerprint density at radius 1 is 1.29 bits per heavy atom. The summed E-state index contributed by atoms with van der Waals surface area (Å²) < 4.78 is 13.0. The number of nitrogens with one attached hydrogen (secondary N) is 2. The van der Waals surface area contributed by atoms with E-state index in [-0.39, 0.29) is 11.8 Å². The van der Waals surface area contributed by atoms with Gasteiger partial charge in [0.15, 0.2) is 0 Å². The van der Waals surface area contributed by atoms with Gasteiger partial charge in [0.05, 0.1) is 5.60 Å². The number of benzene rings is 1. The summed E-state index contributed by atoms with van der Waals surface area (Å²) in [6.07, 6.45) is 4.86. The van der Waals surface area contributed by atoms with Crippen molar-refractivity contribution in [2.75, 3.05) is 13.1 Å². The van der Waals surface area contributed by atoms with Crippen LogP contribution < -0.4 is 10.6 Å². The largest absolute Gasteiger partial charge is 0.390 e. The van der Waals surface area contributed by atoms with Gasteiger partial charge in [-0.25, -0.2) is 9.18 Å². The molecule has 1 aliphatic carbocycles. The highest BCUT2D eigenvalue weighted by atomic mass is 19.1. The highest BCUT2D eigenvalue weighted by molar-refractivity contribution is 5.73. The third kappa shape index (κ3) is 5.34. The molecule has 0 unspecified atom stereocenters. The number of rotatable bonds is 7. The molecule has 1 aliphatic rings. The molecular formula is C16H23FN2O2. The summed E-state index contributed by atoms with van der Waals surface area (Å²) in [5.41, 5.74) is 0.384. The minimum Gasteiger partial charge on any atom is -0.390 e. The van der Waals surface area contributed by atoms with E-state index in [1.807, 2.05) is 6.07 Å². The van der Waals surface area contributed by atoms with Gasteiger partial charge >= 0.3 is 6.03 Å². The first kappa shape index (κ1) is 15.8. The van der Waals surface area contributed by atoms with Crippen LogP contribution in [0, 0.1) is 5.82 Å². The van der Waals surface area contributed by atoms with Crippen LogP contribution in [0.1, 0.15) is 37.7 Å². The van der Waals surface area contributed by atoms with Crippen molar-refractivity contribution in [2.24, 2.45) is 0 Å². The lowest BCUT2D eigenvalue weighted by atomic mass is 9.78. The Bertz CT molecular complexity index is 475. The standard InChI is InChI=1S/C16H23FN2O2/c17-14-6-1-4-13(12-14)5-2-10-18-15(20)19-11-9-16(21)7-3-8-16/h1,4,6,12,21H,2-3,5,7-11H2,(H2,18,19,20). The number of urea groups is 1. The highest BCUT2D eigenvalue weighted by Crippen LogP contribution is 2.33. The zero-order valence-electron chi connectivity index (χ0n) is 12.2. The maximum absolute atomic E-state index is 13.0. The van der Waals surface area contributed by atoms with Crippen molar-refractivity contribution in [3.05, 3.63) is 35.6 Å². The van der Waals surface area contributed by atoms with Gasteiger partial charge in [0.25, 0.3) is 0 Å². The van der Waals surface area contributed by atoms with E-state index in [2.05, 4.69) is 10.6 Å². The highest BCUT2D eigenvalue weighted by Gasteiger charge is 2.33. The molecule has 2 rings (SSSR count). The van der Waals surface area contributed by atoms with Crippen molar-refractivity contribution in [2.45, 2.75) is 44.1 Å². The zero-order chi connectivity index (χ0) is 15.1. The van der Waals surface area contributed by atoms with Crippen molar-refractivity contribution < 1.29 is 14.3 Å². The normalized spacial score (nSPS) is 16.1. The van der Waals surface area contributed by atoms with Crippen molar-refractivity contribution in [3.8, 4) is 0 Å². The van der Waals surface area contributed by atoms with E-state index in [0.29, 0.717) is 19.5 Å². The molecule has 116 valence electrons. The van der Waals surface area contributed by atoms with E-state index < -0.39 is 5.60 Å².